The van der Waals surface area contributed by atoms with E-state index in [1.165, 1.54) is 167 Å². The van der Waals surface area contributed by atoms with Crippen molar-refractivity contribution in [3.05, 3.63) is 0 Å². The summed E-state index contributed by atoms with van der Waals surface area (Å²) in [6, 6.07) is 0. The van der Waals surface area contributed by atoms with E-state index in [0.29, 0.717) is 12.8 Å². The third-order valence-corrected chi connectivity index (χ3v) is 11.2. The second-order valence-electron chi connectivity index (χ2n) is 17.0. The van der Waals surface area contributed by atoms with Gasteiger partial charge >= 0.3 is 11.9 Å². The number of likely N-dealkylation sites (N-methyl/N-ethyl adjacent to an activating group) is 1. The summed E-state index contributed by atoms with van der Waals surface area (Å²) in [7, 11) is 4.36. The number of esters is 2. The van der Waals surface area contributed by atoms with Crippen molar-refractivity contribution in [3.8, 4) is 0 Å². The molecule has 0 saturated heterocycles. The van der Waals surface area contributed by atoms with Gasteiger partial charge in [-0.25, -0.2) is 0 Å². The Labute approximate surface area is 338 Å². The number of carbonyl (C=O) groups excluding carboxylic acids is 2. The standard InChI is InChI=1S/C48H96N2O4/c1-7-11-15-29-37-45(35-27-13-9-3)53-47(51)39-31-23-19-17-21-25-33-41-50(44-43-49(5)6)42-34-26-22-18-20-24-32-40-48(52)54-46(36-28-14-10-4)38-30-16-12-8-2/h45-46H,7-44H2,1-6H3. The molecule has 0 N–H and O–H groups in total. The first-order chi connectivity index (χ1) is 26.4. The molecule has 6 nitrogen and oxygen atoms in total. The maximum absolute atomic E-state index is 12.5. The van der Waals surface area contributed by atoms with E-state index in [9.17, 15) is 9.59 Å². The van der Waals surface area contributed by atoms with Crippen molar-refractivity contribution in [3.63, 3.8) is 0 Å². The van der Waals surface area contributed by atoms with Gasteiger partial charge in [-0.05, 0) is 104 Å². The van der Waals surface area contributed by atoms with Crippen LogP contribution >= 0.6 is 0 Å². The predicted octanol–water partition coefficient (Wildman–Crippen LogP) is 14.0. The average molecular weight is 765 g/mol. The van der Waals surface area contributed by atoms with Crippen LogP contribution < -0.4 is 0 Å². The molecule has 0 aliphatic rings. The smallest absolute Gasteiger partial charge is 0.306 e. The van der Waals surface area contributed by atoms with Gasteiger partial charge in [0.05, 0.1) is 0 Å². The summed E-state index contributed by atoms with van der Waals surface area (Å²) < 4.78 is 11.9. The Balaban J connectivity index is 4.06. The molecule has 0 rings (SSSR count). The van der Waals surface area contributed by atoms with Gasteiger partial charge in [0.2, 0.25) is 0 Å². The highest BCUT2D eigenvalue weighted by Gasteiger charge is 2.15. The monoisotopic (exact) mass is 765 g/mol. The lowest BCUT2D eigenvalue weighted by molar-refractivity contribution is -0.151. The van der Waals surface area contributed by atoms with Crippen LogP contribution in [-0.2, 0) is 19.1 Å². The van der Waals surface area contributed by atoms with E-state index in [0.717, 1.165) is 64.5 Å². The van der Waals surface area contributed by atoms with Gasteiger partial charge in [-0.3, -0.25) is 9.59 Å². The maximum atomic E-state index is 12.5. The van der Waals surface area contributed by atoms with Crippen molar-refractivity contribution < 1.29 is 19.1 Å². The number of unbranched alkanes of at least 4 members (excludes halogenated alkanes) is 22. The Kier molecular flexibility index (Phi) is 40.6. The van der Waals surface area contributed by atoms with E-state index in [2.05, 4.69) is 51.6 Å². The van der Waals surface area contributed by atoms with Crippen LogP contribution in [0.5, 0.6) is 0 Å². The summed E-state index contributed by atoms with van der Waals surface area (Å²) in [5, 5.41) is 0. The molecule has 0 aliphatic heterocycles. The first-order valence-electron chi connectivity index (χ1n) is 24.1. The summed E-state index contributed by atoms with van der Waals surface area (Å²) in [5.41, 5.74) is 0. The van der Waals surface area contributed by atoms with Gasteiger partial charge in [0.25, 0.3) is 0 Å². The fourth-order valence-corrected chi connectivity index (χ4v) is 7.51. The summed E-state index contributed by atoms with van der Waals surface area (Å²) >= 11 is 0. The molecule has 2 atom stereocenters. The first kappa shape index (κ1) is 52.9. The van der Waals surface area contributed by atoms with Gasteiger partial charge in [0.15, 0.2) is 0 Å². The molecule has 0 fully saturated rings. The van der Waals surface area contributed by atoms with Crippen molar-refractivity contribution in [1.82, 2.24) is 9.80 Å². The highest BCUT2D eigenvalue weighted by atomic mass is 16.5. The fraction of sp³-hybridized carbons (Fsp3) is 0.958. The molecule has 0 heterocycles. The Morgan fingerprint density at radius 3 is 1.02 bits per heavy atom. The van der Waals surface area contributed by atoms with Crippen LogP contribution in [0.15, 0.2) is 0 Å². The predicted molar refractivity (Wildman–Crippen MR) is 234 cm³/mol. The van der Waals surface area contributed by atoms with Crippen LogP contribution in [-0.4, -0.2) is 74.2 Å². The molecule has 0 radical (unpaired) electrons. The molecule has 2 unspecified atom stereocenters. The Morgan fingerprint density at radius 2 is 0.667 bits per heavy atom. The van der Waals surface area contributed by atoms with E-state index >= 15 is 0 Å². The zero-order chi connectivity index (χ0) is 39.7. The van der Waals surface area contributed by atoms with Gasteiger partial charge in [-0.2, -0.15) is 0 Å². The van der Waals surface area contributed by atoms with Crippen molar-refractivity contribution in [2.24, 2.45) is 0 Å². The van der Waals surface area contributed by atoms with E-state index in [1.54, 1.807) is 0 Å². The number of carbonyl (C=O) groups is 2. The summed E-state index contributed by atoms with van der Waals surface area (Å²) in [5.74, 6) is 0.0711. The highest BCUT2D eigenvalue weighted by Crippen LogP contribution is 2.19. The number of ether oxygens (including phenoxy) is 2. The van der Waals surface area contributed by atoms with Crippen LogP contribution in [0.4, 0.5) is 0 Å². The lowest BCUT2D eigenvalue weighted by Gasteiger charge is -2.24. The van der Waals surface area contributed by atoms with Crippen LogP contribution in [0.2, 0.25) is 0 Å². The molecule has 0 amide bonds. The van der Waals surface area contributed by atoms with Crippen LogP contribution in [0, 0.1) is 0 Å². The zero-order valence-electron chi connectivity index (χ0n) is 37.6. The quantitative estimate of drug-likeness (QED) is 0.0455. The molecule has 0 aromatic heterocycles. The summed E-state index contributed by atoms with van der Waals surface area (Å²) in [6.07, 6.45) is 39.9. The fourth-order valence-electron chi connectivity index (χ4n) is 7.51. The molecule has 6 heteroatoms. The van der Waals surface area contributed by atoms with Crippen LogP contribution in [0.1, 0.15) is 246 Å². The zero-order valence-corrected chi connectivity index (χ0v) is 37.6. The Morgan fingerprint density at radius 1 is 0.370 bits per heavy atom. The summed E-state index contributed by atoms with van der Waals surface area (Å²) in [6.45, 7) is 13.7. The van der Waals surface area contributed by atoms with E-state index in [4.69, 9.17) is 9.47 Å². The van der Waals surface area contributed by atoms with Crippen molar-refractivity contribution >= 4 is 11.9 Å². The van der Waals surface area contributed by atoms with Crippen molar-refractivity contribution in [1.29, 1.82) is 0 Å². The molecule has 0 spiro atoms. The van der Waals surface area contributed by atoms with E-state index in [-0.39, 0.29) is 24.1 Å². The minimum absolute atomic E-state index is 0.0355. The number of hydrogen-bond donors (Lipinski definition) is 0. The Bertz CT molecular complexity index is 733. The topological polar surface area (TPSA) is 59.1 Å². The van der Waals surface area contributed by atoms with Crippen LogP contribution in [0.25, 0.3) is 0 Å². The van der Waals surface area contributed by atoms with Crippen molar-refractivity contribution in [2.75, 3.05) is 40.3 Å². The third kappa shape index (κ3) is 37.8. The molecule has 0 bridgehead atoms. The molecular weight excluding hydrogens is 669 g/mol. The van der Waals surface area contributed by atoms with E-state index < -0.39 is 0 Å². The number of hydrogen-bond acceptors (Lipinski definition) is 6. The lowest BCUT2D eigenvalue weighted by Crippen LogP contribution is -2.33. The molecule has 54 heavy (non-hydrogen) atoms. The summed E-state index contributed by atoms with van der Waals surface area (Å²) in [4.78, 5) is 30.1. The number of rotatable bonds is 43. The van der Waals surface area contributed by atoms with Gasteiger partial charge in [0.1, 0.15) is 12.2 Å². The Hall–Kier alpha value is -1.14. The lowest BCUT2D eigenvalue weighted by atomic mass is 10.0. The first-order valence-corrected chi connectivity index (χ1v) is 24.1. The SMILES string of the molecule is CCCCCCC(CCCCC)OC(=O)CCCCCCCCCN(CCCCCCCCCC(=O)OC(CCCCC)CCCCCC)CCN(C)C. The van der Waals surface area contributed by atoms with Gasteiger partial charge in [0, 0.05) is 25.9 Å². The second kappa shape index (κ2) is 41.5. The molecular formula is C48H96N2O4. The molecule has 0 saturated carbocycles. The maximum Gasteiger partial charge on any atom is 0.306 e. The molecule has 0 aromatic rings. The molecule has 0 aromatic carbocycles. The van der Waals surface area contributed by atoms with Gasteiger partial charge in [-0.1, -0.05) is 156 Å². The van der Waals surface area contributed by atoms with Crippen molar-refractivity contribution in [2.45, 2.75) is 258 Å². The molecule has 0 aliphatic carbocycles. The van der Waals surface area contributed by atoms with E-state index in [1.807, 2.05) is 0 Å². The largest absolute Gasteiger partial charge is 0.462 e. The minimum Gasteiger partial charge on any atom is -0.462 e. The van der Waals surface area contributed by atoms with Crippen LogP contribution in [0.3, 0.4) is 0 Å². The third-order valence-electron chi connectivity index (χ3n) is 11.2. The van der Waals surface area contributed by atoms with Gasteiger partial charge in [-0.15, -0.1) is 0 Å². The second-order valence-corrected chi connectivity index (χ2v) is 17.0. The average Bonchev–Trinajstić information content (AvgIpc) is 3.15. The van der Waals surface area contributed by atoms with Gasteiger partial charge < -0.3 is 19.3 Å². The molecule has 322 valence electrons. The normalized spacial score (nSPS) is 12.8. The number of nitrogens with zero attached hydrogens (tertiary/aromatic N) is 2. The highest BCUT2D eigenvalue weighted by molar-refractivity contribution is 5.69. The minimum atomic E-state index is 0.0355.